The lowest BCUT2D eigenvalue weighted by atomic mass is 9.97. The highest BCUT2D eigenvalue weighted by Gasteiger charge is 2.08. The first-order valence-electron chi connectivity index (χ1n) is 6.59. The highest BCUT2D eigenvalue weighted by molar-refractivity contribution is 5.67. The summed E-state index contributed by atoms with van der Waals surface area (Å²) in [4.78, 5) is 2.19. The van der Waals surface area contributed by atoms with Gasteiger partial charge in [-0.1, -0.05) is 48.5 Å². The SMILES string of the molecule is CC(c1ccc(-c2ccccc2CO)cc1)N(C)C. The summed E-state index contributed by atoms with van der Waals surface area (Å²) in [6.07, 6.45) is 0. The minimum absolute atomic E-state index is 0.0754. The normalized spacial score (nSPS) is 12.7. The van der Waals surface area contributed by atoms with Crippen LogP contribution in [0.15, 0.2) is 48.5 Å². The van der Waals surface area contributed by atoms with Gasteiger partial charge in [0.25, 0.3) is 0 Å². The van der Waals surface area contributed by atoms with Gasteiger partial charge in [0.15, 0.2) is 0 Å². The van der Waals surface area contributed by atoms with Crippen molar-refractivity contribution in [2.24, 2.45) is 0 Å². The first-order chi connectivity index (χ1) is 9.13. The molecule has 0 aromatic heterocycles. The number of hydrogen-bond donors (Lipinski definition) is 1. The average molecular weight is 255 g/mol. The summed E-state index contributed by atoms with van der Waals surface area (Å²) >= 11 is 0. The minimum atomic E-state index is 0.0754. The molecular formula is C17H21NO. The summed E-state index contributed by atoms with van der Waals surface area (Å²) in [5.41, 5.74) is 4.53. The van der Waals surface area contributed by atoms with Crippen LogP contribution < -0.4 is 0 Å². The van der Waals surface area contributed by atoms with Crippen LogP contribution in [0.1, 0.15) is 24.1 Å². The van der Waals surface area contributed by atoms with Crippen molar-refractivity contribution < 1.29 is 5.11 Å². The molecule has 2 aromatic carbocycles. The van der Waals surface area contributed by atoms with E-state index in [-0.39, 0.29) is 6.61 Å². The van der Waals surface area contributed by atoms with Crippen LogP contribution >= 0.6 is 0 Å². The van der Waals surface area contributed by atoms with Crippen LogP contribution in [0.25, 0.3) is 11.1 Å². The molecule has 2 aromatic rings. The van der Waals surface area contributed by atoms with E-state index in [4.69, 9.17) is 0 Å². The Morgan fingerprint density at radius 1 is 1.00 bits per heavy atom. The van der Waals surface area contributed by atoms with Gasteiger partial charge in [0, 0.05) is 6.04 Å². The zero-order chi connectivity index (χ0) is 13.8. The van der Waals surface area contributed by atoms with E-state index in [1.807, 2.05) is 18.2 Å². The van der Waals surface area contributed by atoms with Crippen molar-refractivity contribution in [3.8, 4) is 11.1 Å². The first-order valence-corrected chi connectivity index (χ1v) is 6.59. The van der Waals surface area contributed by atoms with Crippen molar-refractivity contribution >= 4 is 0 Å². The lowest BCUT2D eigenvalue weighted by molar-refractivity contribution is 0.282. The predicted molar refractivity (Wildman–Crippen MR) is 79.9 cm³/mol. The topological polar surface area (TPSA) is 23.5 Å². The molecule has 19 heavy (non-hydrogen) atoms. The van der Waals surface area contributed by atoms with Gasteiger partial charge < -0.3 is 10.0 Å². The zero-order valence-electron chi connectivity index (χ0n) is 11.8. The molecule has 0 aliphatic carbocycles. The fourth-order valence-corrected chi connectivity index (χ4v) is 2.18. The van der Waals surface area contributed by atoms with Crippen molar-refractivity contribution in [2.75, 3.05) is 14.1 Å². The van der Waals surface area contributed by atoms with Crippen LogP contribution in [0.2, 0.25) is 0 Å². The highest BCUT2D eigenvalue weighted by atomic mass is 16.3. The number of aliphatic hydroxyl groups is 1. The van der Waals surface area contributed by atoms with E-state index in [1.165, 1.54) is 5.56 Å². The van der Waals surface area contributed by atoms with Gasteiger partial charge in [-0.25, -0.2) is 0 Å². The van der Waals surface area contributed by atoms with Crippen LogP contribution in [0, 0.1) is 0 Å². The molecule has 2 rings (SSSR count). The lowest BCUT2D eigenvalue weighted by Gasteiger charge is -2.20. The molecule has 0 aliphatic heterocycles. The molecule has 0 saturated carbocycles. The lowest BCUT2D eigenvalue weighted by Crippen LogP contribution is -2.16. The van der Waals surface area contributed by atoms with Gasteiger partial charge in [-0.2, -0.15) is 0 Å². The van der Waals surface area contributed by atoms with Crippen molar-refractivity contribution in [3.63, 3.8) is 0 Å². The number of benzene rings is 2. The van der Waals surface area contributed by atoms with Gasteiger partial charge in [0.1, 0.15) is 0 Å². The Labute approximate surface area is 115 Å². The fraction of sp³-hybridized carbons (Fsp3) is 0.294. The Morgan fingerprint density at radius 3 is 2.21 bits per heavy atom. The Morgan fingerprint density at radius 2 is 1.63 bits per heavy atom. The molecule has 1 N–H and O–H groups in total. The van der Waals surface area contributed by atoms with Gasteiger partial charge in [-0.15, -0.1) is 0 Å². The quantitative estimate of drug-likeness (QED) is 0.904. The summed E-state index contributed by atoms with van der Waals surface area (Å²) in [6, 6.07) is 17.0. The van der Waals surface area contributed by atoms with E-state index < -0.39 is 0 Å². The third-order valence-electron chi connectivity index (χ3n) is 3.67. The van der Waals surface area contributed by atoms with E-state index >= 15 is 0 Å². The smallest absolute Gasteiger partial charge is 0.0687 e. The van der Waals surface area contributed by atoms with Crippen LogP contribution in [0.5, 0.6) is 0 Å². The summed E-state index contributed by atoms with van der Waals surface area (Å²) in [6.45, 7) is 2.27. The average Bonchev–Trinajstić information content (AvgIpc) is 2.46. The molecule has 0 radical (unpaired) electrons. The Kier molecular flexibility index (Phi) is 4.35. The molecular weight excluding hydrogens is 234 g/mol. The Balaban J connectivity index is 2.32. The molecule has 0 saturated heterocycles. The van der Waals surface area contributed by atoms with E-state index in [1.54, 1.807) is 0 Å². The fourth-order valence-electron chi connectivity index (χ4n) is 2.18. The van der Waals surface area contributed by atoms with E-state index in [2.05, 4.69) is 56.3 Å². The summed E-state index contributed by atoms with van der Waals surface area (Å²) in [7, 11) is 4.17. The molecule has 2 heteroatoms. The molecule has 0 bridgehead atoms. The second-order valence-corrected chi connectivity index (χ2v) is 5.08. The molecule has 2 nitrogen and oxygen atoms in total. The van der Waals surface area contributed by atoms with Crippen LogP contribution in [-0.2, 0) is 6.61 Å². The van der Waals surface area contributed by atoms with Crippen molar-refractivity contribution in [1.29, 1.82) is 0 Å². The predicted octanol–water partition coefficient (Wildman–Crippen LogP) is 3.47. The molecule has 0 amide bonds. The van der Waals surface area contributed by atoms with Crippen LogP contribution in [0.4, 0.5) is 0 Å². The highest BCUT2D eigenvalue weighted by Crippen LogP contribution is 2.26. The molecule has 0 fully saturated rings. The molecule has 0 spiro atoms. The number of hydrogen-bond acceptors (Lipinski definition) is 2. The molecule has 0 aliphatic rings. The summed E-state index contributed by atoms with van der Waals surface area (Å²) in [5.74, 6) is 0. The van der Waals surface area contributed by atoms with Crippen LogP contribution in [-0.4, -0.2) is 24.1 Å². The maximum absolute atomic E-state index is 9.39. The minimum Gasteiger partial charge on any atom is -0.392 e. The van der Waals surface area contributed by atoms with E-state index in [0.29, 0.717) is 6.04 Å². The summed E-state index contributed by atoms with van der Waals surface area (Å²) in [5, 5.41) is 9.39. The van der Waals surface area contributed by atoms with E-state index in [9.17, 15) is 5.11 Å². The zero-order valence-corrected chi connectivity index (χ0v) is 11.8. The van der Waals surface area contributed by atoms with Crippen LogP contribution in [0.3, 0.4) is 0 Å². The molecule has 1 unspecified atom stereocenters. The largest absolute Gasteiger partial charge is 0.392 e. The standard InChI is InChI=1S/C17H21NO/c1-13(18(2)3)14-8-10-15(11-9-14)17-7-5-4-6-16(17)12-19/h4-11,13,19H,12H2,1-3H3. The van der Waals surface area contributed by atoms with E-state index in [0.717, 1.165) is 16.7 Å². The number of rotatable bonds is 4. The Hall–Kier alpha value is -1.64. The van der Waals surface area contributed by atoms with Gasteiger partial charge in [-0.05, 0) is 43.3 Å². The van der Waals surface area contributed by atoms with Crippen molar-refractivity contribution in [3.05, 3.63) is 59.7 Å². The van der Waals surface area contributed by atoms with Gasteiger partial charge in [-0.3, -0.25) is 0 Å². The third-order valence-corrected chi connectivity index (χ3v) is 3.67. The van der Waals surface area contributed by atoms with Gasteiger partial charge >= 0.3 is 0 Å². The Bertz CT molecular complexity index is 531. The van der Waals surface area contributed by atoms with Gasteiger partial charge in [0.2, 0.25) is 0 Å². The third kappa shape index (κ3) is 3.03. The second kappa shape index (κ2) is 6.00. The van der Waals surface area contributed by atoms with Crippen molar-refractivity contribution in [2.45, 2.75) is 19.6 Å². The maximum atomic E-state index is 9.39. The van der Waals surface area contributed by atoms with Crippen molar-refractivity contribution in [1.82, 2.24) is 4.90 Å². The molecule has 100 valence electrons. The summed E-state index contributed by atoms with van der Waals surface area (Å²) < 4.78 is 0. The second-order valence-electron chi connectivity index (χ2n) is 5.08. The number of aliphatic hydroxyl groups excluding tert-OH is 1. The molecule has 0 heterocycles. The van der Waals surface area contributed by atoms with Gasteiger partial charge in [0.05, 0.1) is 6.61 Å². The first kappa shape index (κ1) is 13.8. The monoisotopic (exact) mass is 255 g/mol. The maximum Gasteiger partial charge on any atom is 0.0687 e. The molecule has 1 atom stereocenters. The number of nitrogens with zero attached hydrogens (tertiary/aromatic N) is 1.